The number of aryl methyl sites for hydroxylation is 1. The summed E-state index contributed by atoms with van der Waals surface area (Å²) in [5.41, 5.74) is 0.935. The van der Waals surface area contributed by atoms with Crippen LogP contribution in [0, 0.1) is 14.1 Å². The van der Waals surface area contributed by atoms with Crippen LogP contribution < -0.4 is 0 Å². The van der Waals surface area contributed by atoms with E-state index in [1.165, 1.54) is 3.57 Å². The number of halogens is 2. The zero-order valence-electron chi connectivity index (χ0n) is 5.36. The lowest BCUT2D eigenvalue weighted by atomic mass is 10.2. The topological polar surface area (TPSA) is 20.2 Å². The summed E-state index contributed by atoms with van der Waals surface area (Å²) in [7, 11) is 0. The predicted octanol–water partition coefficient (Wildman–Crippen LogP) is 2.91. The maximum absolute atomic E-state index is 9.22. The lowest BCUT2D eigenvalue weighted by Gasteiger charge is -2.00. The Morgan fingerprint density at radius 1 is 1.20 bits per heavy atom. The minimum absolute atomic E-state index is 0.379. The molecule has 1 rings (SSSR count). The van der Waals surface area contributed by atoms with E-state index in [0.29, 0.717) is 5.75 Å². The van der Waals surface area contributed by atoms with E-state index in [1.807, 2.05) is 13.0 Å². The molecule has 1 N–H and O–H groups in total. The molecule has 0 aliphatic heterocycles. The Kier molecular flexibility index (Phi) is 2.79. The van der Waals surface area contributed by atoms with E-state index in [4.69, 9.17) is 0 Å². The Morgan fingerprint density at radius 3 is 2.20 bits per heavy atom. The predicted molar refractivity (Wildman–Crippen MR) is 58.3 cm³/mol. The van der Waals surface area contributed by atoms with E-state index in [-0.39, 0.29) is 0 Å². The molecule has 0 amide bonds. The fourth-order valence-corrected chi connectivity index (χ4v) is 1.71. The van der Waals surface area contributed by atoms with Gasteiger partial charge in [0.25, 0.3) is 0 Å². The molecule has 0 aromatic heterocycles. The summed E-state index contributed by atoms with van der Waals surface area (Å²) in [6.45, 7) is 1.90. The molecule has 54 valence electrons. The van der Waals surface area contributed by atoms with Crippen LogP contribution in [0.5, 0.6) is 5.75 Å². The van der Waals surface area contributed by atoms with Gasteiger partial charge in [0.1, 0.15) is 5.75 Å². The lowest BCUT2D eigenvalue weighted by molar-refractivity contribution is 0.470. The summed E-state index contributed by atoms with van der Waals surface area (Å²) < 4.78 is 2.29. The van der Waals surface area contributed by atoms with E-state index in [2.05, 4.69) is 45.2 Å². The molecule has 1 aromatic rings. The van der Waals surface area contributed by atoms with Crippen molar-refractivity contribution in [3.63, 3.8) is 0 Å². The molecular formula is C7H6I2O. The normalized spacial score (nSPS) is 9.90. The second kappa shape index (κ2) is 3.25. The third-order valence-corrected chi connectivity index (χ3v) is 4.06. The first-order chi connectivity index (χ1) is 4.61. The molecule has 0 atom stereocenters. The van der Waals surface area contributed by atoms with E-state index >= 15 is 0 Å². The average molecular weight is 360 g/mol. The van der Waals surface area contributed by atoms with Gasteiger partial charge in [0.15, 0.2) is 0 Å². The monoisotopic (exact) mass is 360 g/mol. The second-order valence-corrected chi connectivity index (χ2v) is 4.38. The van der Waals surface area contributed by atoms with Gasteiger partial charge in [0, 0.05) is 7.14 Å². The standard InChI is InChI=1S/C7H6I2O/c1-4-2-5(8)6(9)3-7(4)10/h2-3,10H,1H3. The van der Waals surface area contributed by atoms with Crippen molar-refractivity contribution in [2.45, 2.75) is 6.92 Å². The molecule has 0 aliphatic carbocycles. The number of phenolic OH excluding ortho intramolecular Hbond substituents is 1. The highest BCUT2D eigenvalue weighted by molar-refractivity contribution is 14.1. The molecular weight excluding hydrogens is 354 g/mol. The van der Waals surface area contributed by atoms with Gasteiger partial charge in [0.05, 0.1) is 0 Å². The summed E-state index contributed by atoms with van der Waals surface area (Å²) in [5, 5.41) is 9.22. The molecule has 10 heavy (non-hydrogen) atoms. The molecule has 1 aromatic carbocycles. The number of phenols is 1. The van der Waals surface area contributed by atoms with E-state index in [9.17, 15) is 5.11 Å². The van der Waals surface area contributed by atoms with Crippen LogP contribution in [0.15, 0.2) is 12.1 Å². The van der Waals surface area contributed by atoms with Crippen molar-refractivity contribution in [1.29, 1.82) is 0 Å². The zero-order valence-corrected chi connectivity index (χ0v) is 9.67. The zero-order chi connectivity index (χ0) is 7.72. The Morgan fingerprint density at radius 2 is 1.70 bits per heavy atom. The third-order valence-electron chi connectivity index (χ3n) is 1.24. The molecule has 0 saturated heterocycles. The number of benzene rings is 1. The lowest BCUT2D eigenvalue weighted by Crippen LogP contribution is -1.81. The molecule has 0 heterocycles. The van der Waals surface area contributed by atoms with Crippen molar-refractivity contribution in [1.82, 2.24) is 0 Å². The highest BCUT2D eigenvalue weighted by atomic mass is 127. The third kappa shape index (κ3) is 1.75. The Labute approximate surface area is 87.1 Å². The minimum atomic E-state index is 0.379. The maximum atomic E-state index is 9.22. The largest absolute Gasteiger partial charge is 0.508 e. The van der Waals surface area contributed by atoms with Gasteiger partial charge in [-0.25, -0.2) is 0 Å². The van der Waals surface area contributed by atoms with Crippen LogP contribution in [-0.2, 0) is 0 Å². The highest BCUT2D eigenvalue weighted by Gasteiger charge is 2.00. The fourth-order valence-electron chi connectivity index (χ4n) is 0.636. The van der Waals surface area contributed by atoms with Crippen LogP contribution in [0.1, 0.15) is 5.56 Å². The van der Waals surface area contributed by atoms with Crippen LogP contribution in [-0.4, -0.2) is 5.11 Å². The Balaban J connectivity index is 3.28. The summed E-state index contributed by atoms with van der Waals surface area (Å²) in [6.07, 6.45) is 0. The van der Waals surface area contributed by atoms with Gasteiger partial charge in [-0.2, -0.15) is 0 Å². The van der Waals surface area contributed by atoms with Crippen LogP contribution >= 0.6 is 45.2 Å². The van der Waals surface area contributed by atoms with Gasteiger partial charge in [-0.3, -0.25) is 0 Å². The molecule has 0 spiro atoms. The van der Waals surface area contributed by atoms with Gasteiger partial charge in [-0.1, -0.05) is 0 Å². The number of rotatable bonds is 0. The Hall–Kier alpha value is 0.480. The minimum Gasteiger partial charge on any atom is -0.508 e. The van der Waals surface area contributed by atoms with Gasteiger partial charge < -0.3 is 5.11 Å². The number of aromatic hydroxyl groups is 1. The quantitative estimate of drug-likeness (QED) is 0.706. The molecule has 0 aliphatic rings. The van der Waals surface area contributed by atoms with Crippen LogP contribution in [0.25, 0.3) is 0 Å². The first kappa shape index (κ1) is 8.58. The van der Waals surface area contributed by atoms with Gasteiger partial charge in [-0.05, 0) is 69.8 Å². The maximum Gasteiger partial charge on any atom is 0.119 e. The van der Waals surface area contributed by atoms with Crippen molar-refractivity contribution in [2.75, 3.05) is 0 Å². The van der Waals surface area contributed by atoms with Crippen molar-refractivity contribution < 1.29 is 5.11 Å². The van der Waals surface area contributed by atoms with Crippen molar-refractivity contribution in [2.24, 2.45) is 0 Å². The first-order valence-corrected chi connectivity index (χ1v) is 4.91. The van der Waals surface area contributed by atoms with E-state index in [0.717, 1.165) is 9.13 Å². The summed E-state index contributed by atoms with van der Waals surface area (Å²) in [4.78, 5) is 0. The summed E-state index contributed by atoms with van der Waals surface area (Å²) >= 11 is 4.45. The first-order valence-electron chi connectivity index (χ1n) is 2.76. The van der Waals surface area contributed by atoms with Gasteiger partial charge in [0.2, 0.25) is 0 Å². The molecule has 0 unspecified atom stereocenters. The number of hydrogen-bond acceptors (Lipinski definition) is 1. The van der Waals surface area contributed by atoms with Crippen LogP contribution in [0.2, 0.25) is 0 Å². The summed E-state index contributed by atoms with van der Waals surface area (Å²) in [5.74, 6) is 0.379. The molecule has 3 heteroatoms. The smallest absolute Gasteiger partial charge is 0.119 e. The van der Waals surface area contributed by atoms with Crippen LogP contribution in [0.4, 0.5) is 0 Å². The second-order valence-electron chi connectivity index (χ2n) is 2.05. The van der Waals surface area contributed by atoms with Crippen molar-refractivity contribution in [3.8, 4) is 5.75 Å². The molecule has 0 radical (unpaired) electrons. The molecule has 0 bridgehead atoms. The van der Waals surface area contributed by atoms with Gasteiger partial charge in [-0.15, -0.1) is 0 Å². The summed E-state index contributed by atoms with van der Waals surface area (Å²) in [6, 6.07) is 3.75. The molecule has 1 nitrogen and oxygen atoms in total. The highest BCUT2D eigenvalue weighted by Crippen LogP contribution is 2.23. The van der Waals surface area contributed by atoms with Crippen LogP contribution in [0.3, 0.4) is 0 Å². The fraction of sp³-hybridized carbons (Fsp3) is 0.143. The average Bonchev–Trinajstić information content (AvgIpc) is 1.84. The molecule has 0 saturated carbocycles. The SMILES string of the molecule is Cc1cc(I)c(I)cc1O. The van der Waals surface area contributed by atoms with Crippen molar-refractivity contribution in [3.05, 3.63) is 24.8 Å². The van der Waals surface area contributed by atoms with E-state index < -0.39 is 0 Å². The van der Waals surface area contributed by atoms with Gasteiger partial charge >= 0.3 is 0 Å². The van der Waals surface area contributed by atoms with Crippen molar-refractivity contribution >= 4 is 45.2 Å². The van der Waals surface area contributed by atoms with E-state index in [1.54, 1.807) is 6.07 Å². The number of hydrogen-bond donors (Lipinski definition) is 1. The Bertz CT molecular complexity index is 208. The molecule has 0 fully saturated rings.